The number of amides is 1. The highest BCUT2D eigenvalue weighted by Crippen LogP contribution is 2.32. The van der Waals surface area contributed by atoms with Gasteiger partial charge in [-0.15, -0.1) is 11.8 Å². The normalized spacial score (nSPS) is 17.2. The number of hydrogen-bond donors (Lipinski definition) is 2. The fraction of sp³-hybridized carbons (Fsp3) is 0.533. The Hall–Kier alpha value is -1.56. The summed E-state index contributed by atoms with van der Waals surface area (Å²) in [6, 6.07) is 3.45. The number of aliphatic carboxylic acids is 1. The summed E-state index contributed by atoms with van der Waals surface area (Å²) in [5.41, 5.74) is -0.104. The van der Waals surface area contributed by atoms with Gasteiger partial charge in [-0.2, -0.15) is 0 Å². The monoisotopic (exact) mass is 308 g/mol. The van der Waals surface area contributed by atoms with Gasteiger partial charge in [0.15, 0.2) is 0 Å². The quantitative estimate of drug-likeness (QED) is 0.818. The first-order valence-corrected chi connectivity index (χ1v) is 8.32. The van der Waals surface area contributed by atoms with Gasteiger partial charge in [-0.1, -0.05) is 19.3 Å². The van der Waals surface area contributed by atoms with E-state index in [4.69, 9.17) is 5.11 Å². The molecule has 1 heterocycles. The van der Waals surface area contributed by atoms with E-state index >= 15 is 0 Å². The standard InChI is InChI=1S/C15H20N2O3S/c1-21-14-11(6-5-9-16-14)13(20)17-15(10-12(18)19)7-3-2-4-8-15/h5-6,9H,2-4,7-8,10H2,1H3,(H,17,20)(H,18,19). The highest BCUT2D eigenvalue weighted by molar-refractivity contribution is 7.98. The minimum absolute atomic E-state index is 0.0202. The molecule has 2 N–H and O–H groups in total. The average Bonchev–Trinajstić information content (AvgIpc) is 2.47. The van der Waals surface area contributed by atoms with Crippen LogP contribution in [0.4, 0.5) is 0 Å². The van der Waals surface area contributed by atoms with Gasteiger partial charge in [0.05, 0.1) is 17.5 Å². The number of carbonyl (C=O) groups is 2. The molecule has 0 aromatic carbocycles. The zero-order chi connectivity index (χ0) is 15.3. The molecule has 1 fully saturated rings. The number of carbonyl (C=O) groups excluding carboxylic acids is 1. The first-order valence-electron chi connectivity index (χ1n) is 7.10. The molecule has 1 aromatic rings. The number of carboxylic acids is 1. The van der Waals surface area contributed by atoms with Gasteiger partial charge in [0.2, 0.25) is 0 Å². The lowest BCUT2D eigenvalue weighted by molar-refractivity contribution is -0.139. The van der Waals surface area contributed by atoms with Crippen LogP contribution in [0.15, 0.2) is 23.4 Å². The van der Waals surface area contributed by atoms with E-state index in [2.05, 4.69) is 10.3 Å². The maximum absolute atomic E-state index is 12.5. The van der Waals surface area contributed by atoms with Gasteiger partial charge < -0.3 is 10.4 Å². The van der Waals surface area contributed by atoms with Crippen molar-refractivity contribution < 1.29 is 14.7 Å². The van der Waals surface area contributed by atoms with Crippen LogP contribution in [0.2, 0.25) is 0 Å². The third-order valence-corrected chi connectivity index (χ3v) is 4.60. The Morgan fingerprint density at radius 2 is 2.10 bits per heavy atom. The highest BCUT2D eigenvalue weighted by Gasteiger charge is 2.36. The fourth-order valence-corrected chi connectivity index (χ4v) is 3.45. The Labute approximate surface area is 128 Å². The molecular formula is C15H20N2O3S. The summed E-state index contributed by atoms with van der Waals surface area (Å²) in [4.78, 5) is 27.8. The fourth-order valence-electron chi connectivity index (χ4n) is 2.90. The van der Waals surface area contributed by atoms with E-state index in [0.717, 1.165) is 32.1 Å². The number of pyridine rings is 1. The molecule has 6 heteroatoms. The first-order chi connectivity index (χ1) is 10.1. The molecule has 1 saturated carbocycles. The van der Waals surface area contributed by atoms with Crippen LogP contribution in [-0.2, 0) is 4.79 Å². The Balaban J connectivity index is 2.19. The molecule has 114 valence electrons. The molecule has 0 bridgehead atoms. The molecule has 0 saturated heterocycles. The summed E-state index contributed by atoms with van der Waals surface area (Å²) < 4.78 is 0. The van der Waals surface area contributed by atoms with Crippen molar-refractivity contribution in [1.29, 1.82) is 0 Å². The van der Waals surface area contributed by atoms with Gasteiger partial charge in [-0.05, 0) is 31.2 Å². The molecule has 0 spiro atoms. The molecule has 1 aromatic heterocycles. The second-order valence-corrected chi connectivity index (χ2v) is 6.22. The minimum Gasteiger partial charge on any atom is -0.481 e. The van der Waals surface area contributed by atoms with E-state index in [9.17, 15) is 9.59 Å². The van der Waals surface area contributed by atoms with Crippen LogP contribution in [0.25, 0.3) is 0 Å². The van der Waals surface area contributed by atoms with Crippen molar-refractivity contribution in [3.05, 3.63) is 23.9 Å². The summed E-state index contributed by atoms with van der Waals surface area (Å²) in [5.74, 6) is -1.09. The van der Waals surface area contributed by atoms with Gasteiger partial charge in [-0.25, -0.2) is 4.98 Å². The van der Waals surface area contributed by atoms with E-state index in [0.29, 0.717) is 10.6 Å². The zero-order valence-corrected chi connectivity index (χ0v) is 12.9. The van der Waals surface area contributed by atoms with Crippen molar-refractivity contribution in [3.63, 3.8) is 0 Å². The summed E-state index contributed by atoms with van der Waals surface area (Å²) >= 11 is 1.41. The van der Waals surface area contributed by atoms with Crippen LogP contribution in [-0.4, -0.2) is 33.8 Å². The largest absolute Gasteiger partial charge is 0.481 e. The van der Waals surface area contributed by atoms with Gasteiger partial charge in [-0.3, -0.25) is 9.59 Å². The van der Waals surface area contributed by atoms with Crippen molar-refractivity contribution in [2.75, 3.05) is 6.26 Å². The van der Waals surface area contributed by atoms with E-state index in [1.165, 1.54) is 11.8 Å². The maximum Gasteiger partial charge on any atom is 0.305 e. The lowest BCUT2D eigenvalue weighted by Gasteiger charge is -2.37. The van der Waals surface area contributed by atoms with E-state index in [1.54, 1.807) is 18.3 Å². The second-order valence-electron chi connectivity index (χ2n) is 5.43. The third-order valence-electron chi connectivity index (χ3n) is 3.89. The van der Waals surface area contributed by atoms with Crippen LogP contribution in [0.3, 0.4) is 0 Å². The number of thioether (sulfide) groups is 1. The number of nitrogens with one attached hydrogen (secondary N) is 1. The molecule has 0 radical (unpaired) electrons. The number of aromatic nitrogens is 1. The van der Waals surface area contributed by atoms with Gasteiger partial charge in [0, 0.05) is 6.20 Å². The Morgan fingerprint density at radius 3 is 2.71 bits per heavy atom. The average molecular weight is 308 g/mol. The second kappa shape index (κ2) is 6.93. The summed E-state index contributed by atoms with van der Waals surface area (Å²) in [6.07, 6.45) is 7.95. The van der Waals surface area contributed by atoms with Gasteiger partial charge in [0.25, 0.3) is 5.91 Å². The Kier molecular flexibility index (Phi) is 5.22. The highest BCUT2D eigenvalue weighted by atomic mass is 32.2. The predicted molar refractivity (Wildman–Crippen MR) is 81.6 cm³/mol. The zero-order valence-electron chi connectivity index (χ0n) is 12.1. The molecule has 1 aliphatic carbocycles. The molecule has 0 aliphatic heterocycles. The Bertz CT molecular complexity index is 527. The maximum atomic E-state index is 12.5. The molecule has 21 heavy (non-hydrogen) atoms. The molecule has 0 unspecified atom stereocenters. The lowest BCUT2D eigenvalue weighted by Crippen LogP contribution is -2.51. The van der Waals surface area contributed by atoms with Crippen molar-refractivity contribution in [3.8, 4) is 0 Å². The van der Waals surface area contributed by atoms with E-state index in [1.807, 2.05) is 6.26 Å². The lowest BCUT2D eigenvalue weighted by atomic mass is 9.79. The van der Waals surface area contributed by atoms with Crippen molar-refractivity contribution in [2.24, 2.45) is 0 Å². The predicted octanol–water partition coefficient (Wildman–Crippen LogP) is 2.71. The van der Waals surface area contributed by atoms with E-state index in [-0.39, 0.29) is 12.3 Å². The first kappa shape index (κ1) is 15.8. The number of nitrogens with zero attached hydrogens (tertiary/aromatic N) is 1. The van der Waals surface area contributed by atoms with Crippen molar-refractivity contribution in [2.45, 2.75) is 49.1 Å². The van der Waals surface area contributed by atoms with Crippen molar-refractivity contribution in [1.82, 2.24) is 10.3 Å². The molecular weight excluding hydrogens is 288 g/mol. The molecule has 5 nitrogen and oxygen atoms in total. The van der Waals surface area contributed by atoms with Crippen LogP contribution in [0.1, 0.15) is 48.9 Å². The number of rotatable bonds is 5. The topological polar surface area (TPSA) is 79.3 Å². The van der Waals surface area contributed by atoms with Crippen LogP contribution >= 0.6 is 11.8 Å². The minimum atomic E-state index is -0.867. The number of carboxylic acid groups (broad SMARTS) is 1. The summed E-state index contributed by atoms with van der Waals surface area (Å²) in [6.45, 7) is 0. The van der Waals surface area contributed by atoms with Gasteiger partial charge in [0.1, 0.15) is 5.03 Å². The SMILES string of the molecule is CSc1ncccc1C(=O)NC1(CC(=O)O)CCCCC1. The van der Waals surface area contributed by atoms with Crippen LogP contribution in [0, 0.1) is 0 Å². The third kappa shape index (κ3) is 3.97. The summed E-state index contributed by atoms with van der Waals surface area (Å²) in [5, 5.41) is 12.8. The van der Waals surface area contributed by atoms with Gasteiger partial charge >= 0.3 is 5.97 Å². The molecule has 2 rings (SSSR count). The molecule has 1 aliphatic rings. The van der Waals surface area contributed by atoms with Crippen LogP contribution in [0.5, 0.6) is 0 Å². The smallest absolute Gasteiger partial charge is 0.305 e. The van der Waals surface area contributed by atoms with E-state index < -0.39 is 11.5 Å². The molecule has 0 atom stereocenters. The Morgan fingerprint density at radius 1 is 1.38 bits per heavy atom. The number of hydrogen-bond acceptors (Lipinski definition) is 4. The summed E-state index contributed by atoms with van der Waals surface area (Å²) in [7, 11) is 0. The molecule has 1 amide bonds. The van der Waals surface area contributed by atoms with Crippen LogP contribution < -0.4 is 5.32 Å². The van der Waals surface area contributed by atoms with Crippen molar-refractivity contribution >= 4 is 23.6 Å².